The molecule has 1 heterocycles. The van der Waals surface area contributed by atoms with Gasteiger partial charge in [-0.2, -0.15) is 0 Å². The number of aromatic nitrogens is 1. The Morgan fingerprint density at radius 1 is 1.14 bits per heavy atom. The Kier molecular flexibility index (Phi) is 2.58. The minimum absolute atomic E-state index is 0.333. The fourth-order valence-corrected chi connectivity index (χ4v) is 2.66. The number of rotatable bonds is 2. The number of nitrogens with zero attached hydrogens (tertiary/aromatic N) is 1. The van der Waals surface area contributed by atoms with E-state index >= 15 is 0 Å². The lowest BCUT2D eigenvalue weighted by molar-refractivity contribution is 0.325. The van der Waals surface area contributed by atoms with Crippen molar-refractivity contribution in [2.24, 2.45) is 5.92 Å². The van der Waals surface area contributed by atoms with Crippen LogP contribution in [0.2, 0.25) is 0 Å². The summed E-state index contributed by atoms with van der Waals surface area (Å²) in [6.45, 7) is 4.75. The molecular weight excluding hydrogens is 170 g/mol. The Balaban J connectivity index is 2.22. The van der Waals surface area contributed by atoms with Crippen LogP contribution in [0.25, 0.3) is 0 Å². The Morgan fingerprint density at radius 3 is 2.29 bits per heavy atom. The summed E-state index contributed by atoms with van der Waals surface area (Å²) in [5.41, 5.74) is 1.78. The molecule has 1 heteroatoms. The first kappa shape index (κ1) is 9.70. The van der Waals surface area contributed by atoms with Crippen LogP contribution in [-0.4, -0.2) is 4.98 Å². The van der Waals surface area contributed by atoms with Crippen molar-refractivity contribution in [3.63, 3.8) is 0 Å². The second kappa shape index (κ2) is 3.72. The van der Waals surface area contributed by atoms with Gasteiger partial charge in [-0.05, 0) is 41.9 Å². The molecule has 1 nitrogen and oxygen atoms in total. The van der Waals surface area contributed by atoms with E-state index in [1.165, 1.54) is 31.2 Å². The molecule has 14 heavy (non-hydrogen) atoms. The van der Waals surface area contributed by atoms with Crippen LogP contribution in [0.1, 0.15) is 45.1 Å². The Labute approximate surface area is 86.6 Å². The van der Waals surface area contributed by atoms with Gasteiger partial charge < -0.3 is 0 Å². The van der Waals surface area contributed by atoms with Gasteiger partial charge in [-0.25, -0.2) is 0 Å². The molecular formula is C13H19N. The maximum Gasteiger partial charge on any atom is 0.0270 e. The maximum atomic E-state index is 4.09. The molecule has 0 N–H and O–H groups in total. The van der Waals surface area contributed by atoms with E-state index in [0.29, 0.717) is 5.41 Å². The highest BCUT2D eigenvalue weighted by Gasteiger charge is 2.32. The van der Waals surface area contributed by atoms with Crippen molar-refractivity contribution in [1.82, 2.24) is 4.98 Å². The fourth-order valence-electron chi connectivity index (χ4n) is 2.66. The molecule has 0 unspecified atom stereocenters. The van der Waals surface area contributed by atoms with E-state index in [-0.39, 0.29) is 0 Å². The molecule has 1 saturated carbocycles. The van der Waals surface area contributed by atoms with E-state index in [4.69, 9.17) is 0 Å². The highest BCUT2D eigenvalue weighted by molar-refractivity contribution is 5.22. The minimum atomic E-state index is 0.333. The van der Waals surface area contributed by atoms with Crippen molar-refractivity contribution in [2.45, 2.75) is 44.9 Å². The highest BCUT2D eigenvalue weighted by Crippen LogP contribution is 2.41. The van der Waals surface area contributed by atoms with Gasteiger partial charge in [-0.15, -0.1) is 0 Å². The van der Waals surface area contributed by atoms with Crippen LogP contribution in [-0.2, 0) is 5.41 Å². The van der Waals surface area contributed by atoms with Crippen LogP contribution in [0.5, 0.6) is 0 Å². The quantitative estimate of drug-likeness (QED) is 0.693. The largest absolute Gasteiger partial charge is 0.265 e. The summed E-state index contributed by atoms with van der Waals surface area (Å²) in [5.74, 6) is 0.866. The molecule has 0 aliphatic heterocycles. The van der Waals surface area contributed by atoms with Crippen LogP contribution >= 0.6 is 0 Å². The normalized spacial score (nSPS) is 18.7. The van der Waals surface area contributed by atoms with Crippen LogP contribution in [0.15, 0.2) is 24.5 Å². The standard InChI is InChI=1S/C13H19N/c1-13(2,11-5-3-4-6-11)12-7-9-14-10-8-12/h7-11H,3-6H2,1-2H3. The molecule has 1 aliphatic rings. The molecule has 1 aliphatic carbocycles. The summed E-state index contributed by atoms with van der Waals surface area (Å²) in [5, 5.41) is 0. The average molecular weight is 189 g/mol. The first-order chi connectivity index (χ1) is 6.71. The van der Waals surface area contributed by atoms with Gasteiger partial charge in [0.1, 0.15) is 0 Å². The zero-order valence-corrected chi connectivity index (χ0v) is 9.16. The summed E-state index contributed by atoms with van der Waals surface area (Å²) < 4.78 is 0. The molecule has 1 fully saturated rings. The van der Waals surface area contributed by atoms with Crippen LogP contribution in [0, 0.1) is 5.92 Å². The lowest BCUT2D eigenvalue weighted by atomic mass is 9.73. The van der Waals surface area contributed by atoms with Crippen molar-refractivity contribution in [3.05, 3.63) is 30.1 Å². The van der Waals surface area contributed by atoms with Crippen LogP contribution in [0.3, 0.4) is 0 Å². The first-order valence-corrected chi connectivity index (χ1v) is 5.62. The summed E-state index contributed by atoms with van der Waals surface area (Å²) in [7, 11) is 0. The molecule has 1 aromatic rings. The molecule has 0 amide bonds. The third-order valence-electron chi connectivity index (χ3n) is 3.80. The van der Waals surface area contributed by atoms with Crippen molar-refractivity contribution < 1.29 is 0 Å². The second-order valence-electron chi connectivity index (χ2n) is 4.94. The summed E-state index contributed by atoms with van der Waals surface area (Å²) >= 11 is 0. The molecule has 2 rings (SSSR count). The van der Waals surface area contributed by atoms with Gasteiger partial charge in [-0.1, -0.05) is 26.7 Å². The van der Waals surface area contributed by atoms with Crippen molar-refractivity contribution in [2.75, 3.05) is 0 Å². The molecule has 0 spiro atoms. The van der Waals surface area contributed by atoms with Gasteiger partial charge in [0.15, 0.2) is 0 Å². The molecule has 0 radical (unpaired) electrons. The Hall–Kier alpha value is -0.850. The number of hydrogen-bond acceptors (Lipinski definition) is 1. The van der Waals surface area contributed by atoms with E-state index in [1.807, 2.05) is 12.4 Å². The minimum Gasteiger partial charge on any atom is -0.265 e. The van der Waals surface area contributed by atoms with E-state index in [9.17, 15) is 0 Å². The molecule has 0 saturated heterocycles. The zero-order chi connectivity index (χ0) is 10.0. The van der Waals surface area contributed by atoms with Crippen LogP contribution < -0.4 is 0 Å². The smallest absolute Gasteiger partial charge is 0.0270 e. The molecule has 76 valence electrons. The first-order valence-electron chi connectivity index (χ1n) is 5.62. The molecule has 0 bridgehead atoms. The van der Waals surface area contributed by atoms with E-state index < -0.39 is 0 Å². The Morgan fingerprint density at radius 2 is 1.71 bits per heavy atom. The van der Waals surface area contributed by atoms with E-state index in [2.05, 4.69) is 31.0 Å². The zero-order valence-electron chi connectivity index (χ0n) is 9.16. The van der Waals surface area contributed by atoms with Gasteiger partial charge in [0, 0.05) is 12.4 Å². The van der Waals surface area contributed by atoms with Gasteiger partial charge in [0.05, 0.1) is 0 Å². The number of hydrogen-bond donors (Lipinski definition) is 0. The summed E-state index contributed by atoms with van der Waals surface area (Å²) in [6.07, 6.45) is 9.45. The van der Waals surface area contributed by atoms with Gasteiger partial charge >= 0.3 is 0 Å². The fraction of sp³-hybridized carbons (Fsp3) is 0.615. The summed E-state index contributed by atoms with van der Waals surface area (Å²) in [6, 6.07) is 4.33. The lowest BCUT2D eigenvalue weighted by Crippen LogP contribution is -2.26. The topological polar surface area (TPSA) is 12.9 Å². The van der Waals surface area contributed by atoms with Crippen molar-refractivity contribution in [1.29, 1.82) is 0 Å². The SMILES string of the molecule is CC(C)(c1ccncc1)C1CCCC1. The van der Waals surface area contributed by atoms with E-state index in [0.717, 1.165) is 5.92 Å². The van der Waals surface area contributed by atoms with Crippen LogP contribution in [0.4, 0.5) is 0 Å². The van der Waals surface area contributed by atoms with Gasteiger partial charge in [0.2, 0.25) is 0 Å². The molecule has 1 aromatic heterocycles. The van der Waals surface area contributed by atoms with Crippen molar-refractivity contribution in [3.8, 4) is 0 Å². The van der Waals surface area contributed by atoms with Gasteiger partial charge in [-0.3, -0.25) is 4.98 Å². The van der Waals surface area contributed by atoms with E-state index in [1.54, 1.807) is 0 Å². The monoisotopic (exact) mass is 189 g/mol. The maximum absolute atomic E-state index is 4.09. The molecule has 0 atom stereocenters. The predicted octanol–water partition coefficient (Wildman–Crippen LogP) is 3.55. The number of pyridine rings is 1. The summed E-state index contributed by atoms with van der Waals surface area (Å²) in [4.78, 5) is 4.09. The predicted molar refractivity (Wildman–Crippen MR) is 59.2 cm³/mol. The lowest BCUT2D eigenvalue weighted by Gasteiger charge is -2.32. The van der Waals surface area contributed by atoms with Crippen molar-refractivity contribution >= 4 is 0 Å². The van der Waals surface area contributed by atoms with Gasteiger partial charge in [0.25, 0.3) is 0 Å². The second-order valence-corrected chi connectivity index (χ2v) is 4.94. The third-order valence-corrected chi connectivity index (χ3v) is 3.80. The highest BCUT2D eigenvalue weighted by atomic mass is 14.6. The Bertz CT molecular complexity index is 283. The average Bonchev–Trinajstić information content (AvgIpc) is 2.72. The third kappa shape index (κ3) is 1.68. The molecule has 0 aromatic carbocycles.